The first-order valence-corrected chi connectivity index (χ1v) is 7.72. The minimum Gasteiger partial charge on any atom is -0.444 e. The highest BCUT2D eigenvalue weighted by molar-refractivity contribution is 14.1. The Morgan fingerprint density at radius 3 is 2.89 bits per heavy atom. The summed E-state index contributed by atoms with van der Waals surface area (Å²) in [5.74, 6) is -0.466. The molecule has 2 aliphatic heterocycles. The quantitative estimate of drug-likeness (QED) is 0.434. The molecule has 104 valence electrons. The summed E-state index contributed by atoms with van der Waals surface area (Å²) in [7, 11) is 0. The fourth-order valence-corrected chi connectivity index (χ4v) is 3.15. The zero-order valence-electron chi connectivity index (χ0n) is 13.0. The third kappa shape index (κ3) is 2.28. The summed E-state index contributed by atoms with van der Waals surface area (Å²) in [6.07, 6.45) is -3.06. The van der Waals surface area contributed by atoms with Crippen molar-refractivity contribution in [2.45, 2.75) is 57.9 Å². The number of alkyl halides is 2. The summed E-state index contributed by atoms with van der Waals surface area (Å²) in [4.78, 5) is 14.1. The van der Waals surface area contributed by atoms with Crippen LogP contribution in [0.3, 0.4) is 0 Å². The first-order chi connectivity index (χ1) is 9.02. The Morgan fingerprint density at radius 1 is 1.67 bits per heavy atom. The maximum Gasteiger partial charge on any atom is 0.328 e. The van der Waals surface area contributed by atoms with Crippen molar-refractivity contribution in [3.63, 3.8) is 0 Å². The summed E-state index contributed by atoms with van der Waals surface area (Å²) in [6.45, 7) is 5.98. The van der Waals surface area contributed by atoms with Gasteiger partial charge in [0.1, 0.15) is 11.7 Å². The molecule has 0 bridgehead atoms. The van der Waals surface area contributed by atoms with E-state index >= 15 is 0 Å². The molecule has 0 aromatic heterocycles. The van der Waals surface area contributed by atoms with Crippen LogP contribution < -0.4 is 0 Å². The van der Waals surface area contributed by atoms with Crippen LogP contribution >= 0.6 is 22.6 Å². The molecule has 0 amide bonds. The van der Waals surface area contributed by atoms with Gasteiger partial charge in [0.2, 0.25) is 0 Å². The highest BCUT2D eigenvalue weighted by atomic mass is 127. The molecule has 3 nitrogen and oxygen atoms in total. The number of carbonyl (C=O) groups is 1. The van der Waals surface area contributed by atoms with Crippen LogP contribution in [0.5, 0.6) is 0 Å². The number of hydrogen-bond donors (Lipinski definition) is 0. The Hall–Kier alpha value is 0.0900. The van der Waals surface area contributed by atoms with Crippen molar-refractivity contribution in [3.8, 4) is 0 Å². The number of halogens is 2. The predicted molar refractivity (Wildman–Crippen MR) is 76.4 cm³/mol. The minimum atomic E-state index is -1.51. The number of rotatable bonds is 3. The molecule has 0 N–H and O–H groups in total. The van der Waals surface area contributed by atoms with Crippen molar-refractivity contribution in [3.05, 3.63) is 0 Å². The number of nitrogens with zero attached hydrogens (tertiary/aromatic N) is 1. The molecule has 2 heterocycles. The minimum absolute atomic E-state index is 0.00519. The lowest BCUT2D eigenvalue weighted by Crippen LogP contribution is -2.49. The number of hydrogen-bond acceptors (Lipinski definition) is 3. The summed E-state index contributed by atoms with van der Waals surface area (Å²) in [5, 5.41) is 0. The van der Waals surface area contributed by atoms with Crippen LogP contribution in [0.25, 0.3) is 0 Å². The van der Waals surface area contributed by atoms with Crippen LogP contribution in [-0.2, 0) is 9.53 Å². The highest BCUT2D eigenvalue weighted by Gasteiger charge is 2.62. The molecule has 0 unspecified atom stereocenters. The third-order valence-electron chi connectivity index (χ3n) is 3.64. The largest absolute Gasteiger partial charge is 0.444 e. The fourth-order valence-electron chi connectivity index (χ4n) is 2.88. The summed E-state index contributed by atoms with van der Waals surface area (Å²) in [6, 6.07) is 0. The van der Waals surface area contributed by atoms with Gasteiger partial charge in [-0.2, -0.15) is 0 Å². The van der Waals surface area contributed by atoms with Crippen molar-refractivity contribution in [2.75, 3.05) is 11.0 Å². The first-order valence-electron chi connectivity index (χ1n) is 7.20. The zero-order valence-corrected chi connectivity index (χ0v) is 13.2. The van der Waals surface area contributed by atoms with E-state index in [1.54, 1.807) is 4.90 Å². The summed E-state index contributed by atoms with van der Waals surface area (Å²) >= 11 is 1.96. The molecular weight excluding hydrogens is 348 g/mol. The van der Waals surface area contributed by atoms with E-state index in [0.29, 0.717) is 0 Å². The first kappa shape index (κ1) is 11.9. The van der Waals surface area contributed by atoms with Crippen LogP contribution in [0.1, 0.15) is 42.7 Å². The molecule has 18 heavy (non-hydrogen) atoms. The van der Waals surface area contributed by atoms with Gasteiger partial charge in [-0.1, -0.05) is 43.4 Å². The molecular formula is C13H21FINO2. The maximum atomic E-state index is 13.9. The lowest BCUT2D eigenvalue weighted by atomic mass is 9.89. The molecule has 0 spiro atoms. The average molecular weight is 371 g/mol. The second kappa shape index (κ2) is 4.89. The lowest BCUT2D eigenvalue weighted by molar-refractivity contribution is -0.150. The van der Waals surface area contributed by atoms with E-state index in [9.17, 15) is 9.18 Å². The molecule has 2 saturated heterocycles. The fraction of sp³-hybridized carbons (Fsp3) is 0.923. The van der Waals surface area contributed by atoms with Crippen molar-refractivity contribution >= 4 is 28.6 Å². The predicted octanol–water partition coefficient (Wildman–Crippen LogP) is 2.91. The molecule has 2 rings (SSSR count). The van der Waals surface area contributed by atoms with E-state index in [1.165, 1.54) is 0 Å². The van der Waals surface area contributed by atoms with Gasteiger partial charge in [-0.25, -0.2) is 14.1 Å². The van der Waals surface area contributed by atoms with E-state index in [2.05, 4.69) is 0 Å². The number of cyclic esters (lactones) is 1. The third-order valence-corrected chi connectivity index (χ3v) is 4.18. The van der Waals surface area contributed by atoms with Gasteiger partial charge >= 0.3 is 5.97 Å². The SMILES string of the molecule is [2H]C([2H])(CI)C[C@@]12C[C@@H](F)CN1[C@@H](C(C)(C)C)OC2=O. The van der Waals surface area contributed by atoms with Crippen molar-refractivity contribution in [1.82, 2.24) is 4.90 Å². The summed E-state index contributed by atoms with van der Waals surface area (Å²) in [5.41, 5.74) is -1.45. The monoisotopic (exact) mass is 371 g/mol. The molecule has 0 radical (unpaired) electrons. The molecule has 0 saturated carbocycles. The number of ether oxygens (including phenoxy) is 1. The second-order valence-corrected chi connectivity index (χ2v) is 6.93. The Balaban J connectivity index is 2.36. The van der Waals surface area contributed by atoms with E-state index in [0.717, 1.165) is 0 Å². The van der Waals surface area contributed by atoms with Gasteiger partial charge in [0, 0.05) is 21.1 Å². The van der Waals surface area contributed by atoms with Crippen LogP contribution in [0.15, 0.2) is 0 Å². The van der Waals surface area contributed by atoms with Gasteiger partial charge in [-0.05, 0) is 17.2 Å². The highest BCUT2D eigenvalue weighted by Crippen LogP contribution is 2.47. The standard InChI is InChI=1S/C13H21FINO2/c1-12(2,3)10-16-8-9(14)7-13(16,5-4-6-15)11(17)18-10/h9-10H,4-8H2,1-3H3/t9-,10-,13+/m1/s1/i4D2. The molecule has 2 aliphatic rings. The maximum absolute atomic E-state index is 13.9. The zero-order chi connectivity index (χ0) is 15.3. The van der Waals surface area contributed by atoms with Gasteiger partial charge in [0.25, 0.3) is 0 Å². The molecule has 3 atom stereocenters. The molecule has 0 aromatic carbocycles. The number of carbonyl (C=O) groups excluding carboxylic acids is 1. The lowest BCUT2D eigenvalue weighted by Gasteiger charge is -2.35. The molecule has 0 aliphatic carbocycles. The Labute approximate surface area is 124 Å². The van der Waals surface area contributed by atoms with Crippen molar-refractivity contribution < 1.29 is 16.7 Å². The van der Waals surface area contributed by atoms with Crippen LogP contribution in [0, 0.1) is 5.41 Å². The van der Waals surface area contributed by atoms with Crippen LogP contribution in [-0.4, -0.2) is 39.8 Å². The number of esters is 1. The van der Waals surface area contributed by atoms with E-state index in [4.69, 9.17) is 7.48 Å². The topological polar surface area (TPSA) is 29.5 Å². The summed E-state index contributed by atoms with van der Waals surface area (Å²) < 4.78 is 35.6. The van der Waals surface area contributed by atoms with Crippen molar-refractivity contribution in [1.29, 1.82) is 0 Å². The van der Waals surface area contributed by atoms with Gasteiger partial charge in [0.05, 0.1) is 0 Å². The van der Waals surface area contributed by atoms with E-state index in [-0.39, 0.29) is 29.2 Å². The van der Waals surface area contributed by atoms with Gasteiger partial charge in [0.15, 0.2) is 6.23 Å². The smallest absolute Gasteiger partial charge is 0.328 e. The second-order valence-electron chi connectivity index (χ2n) is 6.17. The van der Waals surface area contributed by atoms with E-state index in [1.807, 2.05) is 43.4 Å². The van der Waals surface area contributed by atoms with Gasteiger partial charge < -0.3 is 4.74 Å². The Morgan fingerprint density at radius 2 is 2.33 bits per heavy atom. The molecule has 5 heteroatoms. The molecule has 0 aromatic rings. The average Bonchev–Trinajstić information content (AvgIpc) is 2.72. The molecule has 2 fully saturated rings. The van der Waals surface area contributed by atoms with E-state index < -0.39 is 30.3 Å². The Kier molecular flexibility index (Phi) is 3.22. The number of fused-ring (bicyclic) bond motifs is 1. The van der Waals surface area contributed by atoms with Gasteiger partial charge in [-0.3, -0.25) is 0 Å². The normalized spacial score (nSPS) is 39.3. The van der Waals surface area contributed by atoms with Crippen LogP contribution in [0.2, 0.25) is 0 Å². The van der Waals surface area contributed by atoms with Crippen LogP contribution in [0.4, 0.5) is 4.39 Å². The Bertz CT molecular complexity index is 416. The van der Waals surface area contributed by atoms with Gasteiger partial charge in [-0.15, -0.1) is 0 Å². The van der Waals surface area contributed by atoms with Crippen molar-refractivity contribution in [2.24, 2.45) is 5.41 Å².